The molecular weight excluding hydrogens is 626 g/mol. The Balaban J connectivity index is 1.40. The van der Waals surface area contributed by atoms with Crippen molar-refractivity contribution in [3.8, 4) is 6.01 Å². The summed E-state index contributed by atoms with van der Waals surface area (Å²) in [5.74, 6) is -1.12. The van der Waals surface area contributed by atoms with Crippen LogP contribution in [0.25, 0.3) is 10.9 Å². The Bertz CT molecular complexity index is 1360. The van der Waals surface area contributed by atoms with Gasteiger partial charge < -0.3 is 18.8 Å². The van der Waals surface area contributed by atoms with E-state index in [1.807, 2.05) is 30.6 Å². The number of fused-ring (bicyclic) bond motifs is 3. The molecule has 0 radical (unpaired) electrons. The number of piperazine rings is 1. The first-order valence-corrected chi connectivity index (χ1v) is 18.5. The van der Waals surface area contributed by atoms with Crippen LogP contribution in [0.3, 0.4) is 0 Å². The topological polar surface area (TPSA) is 77.0 Å². The summed E-state index contributed by atoms with van der Waals surface area (Å²) in [6, 6.07) is 1.12. The number of benzene rings is 1. The number of carbonyl (C=O) groups excluding carboxylic acids is 1. The van der Waals surface area contributed by atoms with Crippen molar-refractivity contribution >= 4 is 47.1 Å². The van der Waals surface area contributed by atoms with Crippen LogP contribution in [0.5, 0.6) is 6.01 Å². The Kier molecular flexibility index (Phi) is 8.09. The summed E-state index contributed by atoms with van der Waals surface area (Å²) >= 11 is 3.02. The van der Waals surface area contributed by atoms with Crippen LogP contribution in [0, 0.1) is 17.0 Å². The van der Waals surface area contributed by atoms with Gasteiger partial charge in [-0.1, -0.05) is 20.8 Å². The first kappa shape index (κ1) is 31.4. The fraction of sp³-hybridized carbons (Fsp3) is 0.700. The molecule has 8 nitrogen and oxygen atoms in total. The lowest BCUT2D eigenvalue weighted by atomic mass is 10.1. The van der Waals surface area contributed by atoms with E-state index in [1.165, 1.54) is 6.07 Å². The molecule has 0 N–H and O–H groups in total. The normalized spacial score (nSPS) is 22.1. The number of rotatable bonds is 7. The van der Waals surface area contributed by atoms with Crippen LogP contribution in [0.1, 0.15) is 67.2 Å². The second kappa shape index (κ2) is 10.8. The molecular formula is C30H43BrF2N4O4Si. The van der Waals surface area contributed by atoms with Gasteiger partial charge in [0.25, 0.3) is 0 Å². The van der Waals surface area contributed by atoms with E-state index in [2.05, 4.69) is 54.8 Å². The SMILES string of the molecule is CC(C)(C)OC(=O)N1C2CCC1CN(c1nc(OCC3(CO[Si](C)(C)C(C)(C)C)CC3)nc3c(F)c(Br)c(F)cc13)C2. The summed E-state index contributed by atoms with van der Waals surface area (Å²) in [6.07, 6.45) is 3.25. The maximum absolute atomic E-state index is 15.4. The summed E-state index contributed by atoms with van der Waals surface area (Å²) in [5.41, 5.74) is -0.721. The minimum Gasteiger partial charge on any atom is -0.463 e. The van der Waals surface area contributed by atoms with E-state index in [0.717, 1.165) is 25.7 Å². The van der Waals surface area contributed by atoms with Crippen LogP contribution in [0.4, 0.5) is 19.4 Å². The minimum atomic E-state index is -1.93. The van der Waals surface area contributed by atoms with Crippen molar-refractivity contribution in [1.29, 1.82) is 0 Å². The van der Waals surface area contributed by atoms with Crippen LogP contribution < -0.4 is 9.64 Å². The second-order valence-electron chi connectivity index (χ2n) is 14.7. The molecule has 0 spiro atoms. The first-order valence-electron chi connectivity index (χ1n) is 14.8. The van der Waals surface area contributed by atoms with E-state index in [1.54, 1.807) is 0 Å². The molecule has 232 valence electrons. The van der Waals surface area contributed by atoms with E-state index in [9.17, 15) is 9.18 Å². The van der Waals surface area contributed by atoms with Crippen molar-refractivity contribution in [2.45, 2.75) is 103 Å². The zero-order chi connectivity index (χ0) is 30.8. The number of aromatic nitrogens is 2. The van der Waals surface area contributed by atoms with Gasteiger partial charge in [0, 0.05) is 30.5 Å². The van der Waals surface area contributed by atoms with Crippen LogP contribution in [-0.2, 0) is 9.16 Å². The van der Waals surface area contributed by atoms with Crippen molar-refractivity contribution in [2.24, 2.45) is 5.41 Å². The summed E-state index contributed by atoms with van der Waals surface area (Å²) in [6.45, 7) is 18.6. The van der Waals surface area contributed by atoms with Gasteiger partial charge in [-0.25, -0.2) is 13.6 Å². The van der Waals surface area contributed by atoms with E-state index in [4.69, 9.17) is 18.9 Å². The number of hydrogen-bond acceptors (Lipinski definition) is 7. The van der Waals surface area contributed by atoms with Gasteiger partial charge in [-0.05, 0) is 86.6 Å². The van der Waals surface area contributed by atoms with Crippen molar-refractivity contribution in [2.75, 3.05) is 31.2 Å². The van der Waals surface area contributed by atoms with Crippen LogP contribution in [0.15, 0.2) is 10.5 Å². The largest absolute Gasteiger partial charge is 0.463 e. The molecule has 5 rings (SSSR count). The predicted molar refractivity (Wildman–Crippen MR) is 165 cm³/mol. The van der Waals surface area contributed by atoms with Gasteiger partial charge in [-0.3, -0.25) is 4.90 Å². The lowest BCUT2D eigenvalue weighted by Crippen LogP contribution is -2.57. The quantitative estimate of drug-likeness (QED) is 0.224. The zero-order valence-corrected chi connectivity index (χ0v) is 28.5. The van der Waals surface area contributed by atoms with Crippen LogP contribution >= 0.6 is 15.9 Å². The third-order valence-corrected chi connectivity index (χ3v) is 14.4. The Labute approximate surface area is 256 Å². The summed E-state index contributed by atoms with van der Waals surface area (Å²) in [5, 5.41) is 0.376. The second-order valence-corrected chi connectivity index (χ2v) is 20.3. The van der Waals surface area contributed by atoms with Gasteiger partial charge in [-0.2, -0.15) is 9.97 Å². The fourth-order valence-corrected chi connectivity index (χ4v) is 6.81. The molecule has 3 fully saturated rings. The molecule has 3 aliphatic rings. The summed E-state index contributed by atoms with van der Waals surface area (Å²) in [4.78, 5) is 25.9. The standard InChI is InChI=1S/C30H43BrF2N4O4Si/c1-28(2,3)41-27(38)37-18-9-10-19(37)15-36(14-18)25-20-13-21(32)22(31)23(33)24(20)34-26(35-25)39-16-30(11-12-30)17-40-42(7,8)29(4,5)6/h13,18-19H,9-12,14-17H2,1-8H3. The molecule has 2 aliphatic heterocycles. The highest BCUT2D eigenvalue weighted by Gasteiger charge is 2.48. The maximum atomic E-state index is 15.4. The average molecular weight is 670 g/mol. The molecule has 1 aliphatic carbocycles. The van der Waals surface area contributed by atoms with Crippen molar-refractivity contribution in [3.05, 3.63) is 22.2 Å². The Hall–Kier alpha value is -2.05. The molecule has 2 saturated heterocycles. The van der Waals surface area contributed by atoms with Gasteiger partial charge in [0.2, 0.25) is 0 Å². The van der Waals surface area contributed by atoms with Crippen molar-refractivity contribution < 1.29 is 27.5 Å². The Morgan fingerprint density at radius 3 is 2.24 bits per heavy atom. The Morgan fingerprint density at radius 2 is 1.69 bits per heavy atom. The third kappa shape index (κ3) is 6.26. The number of anilines is 1. The predicted octanol–water partition coefficient (Wildman–Crippen LogP) is 7.44. The third-order valence-electron chi connectivity index (χ3n) is 9.18. The maximum Gasteiger partial charge on any atom is 0.410 e. The van der Waals surface area contributed by atoms with Crippen molar-refractivity contribution in [1.82, 2.24) is 14.9 Å². The first-order chi connectivity index (χ1) is 19.4. The molecule has 2 unspecified atom stereocenters. The number of amides is 1. The van der Waals surface area contributed by atoms with Gasteiger partial charge in [-0.15, -0.1) is 0 Å². The molecule has 42 heavy (non-hydrogen) atoms. The van der Waals surface area contributed by atoms with Crippen LogP contribution in [-0.4, -0.2) is 73.3 Å². The number of carbonyl (C=O) groups is 1. The highest BCUT2D eigenvalue weighted by Crippen LogP contribution is 2.48. The monoisotopic (exact) mass is 668 g/mol. The molecule has 2 atom stereocenters. The smallest absolute Gasteiger partial charge is 0.410 e. The highest BCUT2D eigenvalue weighted by molar-refractivity contribution is 9.10. The molecule has 1 aromatic heterocycles. The van der Waals surface area contributed by atoms with Gasteiger partial charge in [0.1, 0.15) is 22.8 Å². The fourth-order valence-electron chi connectivity index (χ4n) is 5.41. The van der Waals surface area contributed by atoms with E-state index < -0.39 is 25.6 Å². The number of ether oxygens (including phenoxy) is 2. The Morgan fingerprint density at radius 1 is 1.07 bits per heavy atom. The highest BCUT2D eigenvalue weighted by atomic mass is 79.9. The van der Waals surface area contributed by atoms with Crippen LogP contribution in [0.2, 0.25) is 18.1 Å². The molecule has 1 amide bonds. The zero-order valence-electron chi connectivity index (χ0n) is 25.9. The van der Waals surface area contributed by atoms with E-state index in [-0.39, 0.29) is 50.0 Å². The summed E-state index contributed by atoms with van der Waals surface area (Å²) < 4.78 is 48.2. The van der Waals surface area contributed by atoms with Gasteiger partial charge in [0.15, 0.2) is 14.1 Å². The van der Waals surface area contributed by atoms with E-state index in [0.29, 0.717) is 32.1 Å². The van der Waals surface area contributed by atoms with Crippen molar-refractivity contribution in [3.63, 3.8) is 0 Å². The summed E-state index contributed by atoms with van der Waals surface area (Å²) in [7, 11) is -1.93. The van der Waals surface area contributed by atoms with Gasteiger partial charge >= 0.3 is 12.1 Å². The molecule has 3 heterocycles. The average Bonchev–Trinajstić information content (AvgIpc) is 3.60. The van der Waals surface area contributed by atoms with E-state index >= 15 is 4.39 Å². The van der Waals surface area contributed by atoms with Gasteiger partial charge in [0.05, 0.1) is 23.2 Å². The lowest BCUT2D eigenvalue weighted by Gasteiger charge is -2.42. The minimum absolute atomic E-state index is 0.00689. The molecule has 12 heteroatoms. The molecule has 1 aromatic carbocycles. The molecule has 1 saturated carbocycles. The molecule has 2 aromatic rings. The number of nitrogens with zero attached hydrogens (tertiary/aromatic N) is 4. The number of halogens is 3. The number of hydrogen-bond donors (Lipinski definition) is 0. The molecule has 2 bridgehead atoms. The lowest BCUT2D eigenvalue weighted by molar-refractivity contribution is 0.0122.